The van der Waals surface area contributed by atoms with Gasteiger partial charge in [0.1, 0.15) is 0 Å². The van der Waals surface area contributed by atoms with E-state index in [2.05, 4.69) is 31.3 Å². The Morgan fingerprint density at radius 3 is 1.01 bits per heavy atom. The second-order valence-corrected chi connectivity index (χ2v) is 22.1. The Balaban J connectivity index is 3.36. The lowest BCUT2D eigenvalue weighted by molar-refractivity contribution is -0.143. The highest BCUT2D eigenvalue weighted by atomic mass is 16.5. The number of rotatable bonds is 60. The van der Waals surface area contributed by atoms with Crippen LogP contribution in [0.4, 0.5) is 0 Å². The van der Waals surface area contributed by atoms with Crippen molar-refractivity contribution in [3.05, 3.63) is 12.2 Å². The Hall–Kier alpha value is -1.40. The molecule has 0 radical (unpaired) electrons. The molecular formula is C64H125NO5. The summed E-state index contributed by atoms with van der Waals surface area (Å²) in [4.78, 5) is 24.6. The van der Waals surface area contributed by atoms with Crippen LogP contribution in [0.2, 0.25) is 0 Å². The molecule has 0 aliphatic heterocycles. The number of esters is 1. The second-order valence-electron chi connectivity index (χ2n) is 22.1. The number of aliphatic hydroxyl groups is 2. The van der Waals surface area contributed by atoms with Gasteiger partial charge in [0.15, 0.2) is 0 Å². The van der Waals surface area contributed by atoms with Gasteiger partial charge in [-0.2, -0.15) is 0 Å². The fraction of sp³-hybridized carbons (Fsp3) is 0.938. The number of carbonyl (C=O) groups is 2. The largest absolute Gasteiger partial charge is 0.466 e. The van der Waals surface area contributed by atoms with Crippen molar-refractivity contribution in [1.82, 2.24) is 5.32 Å². The van der Waals surface area contributed by atoms with Crippen molar-refractivity contribution < 1.29 is 24.5 Å². The summed E-state index contributed by atoms with van der Waals surface area (Å²) >= 11 is 0. The molecule has 70 heavy (non-hydrogen) atoms. The summed E-state index contributed by atoms with van der Waals surface area (Å²) in [5.41, 5.74) is 0. The molecule has 0 aromatic heterocycles. The van der Waals surface area contributed by atoms with Crippen LogP contribution >= 0.6 is 0 Å². The fourth-order valence-corrected chi connectivity index (χ4v) is 10.2. The minimum Gasteiger partial charge on any atom is -0.466 e. The topological polar surface area (TPSA) is 95.9 Å². The third kappa shape index (κ3) is 55.9. The average Bonchev–Trinajstić information content (AvgIpc) is 3.36. The Bertz CT molecular complexity index is 1050. The Morgan fingerprint density at radius 1 is 0.386 bits per heavy atom. The number of allylic oxidation sites excluding steroid dienone is 2. The monoisotopic (exact) mass is 988 g/mol. The van der Waals surface area contributed by atoms with Crippen molar-refractivity contribution in [3.8, 4) is 0 Å². The van der Waals surface area contributed by atoms with Gasteiger partial charge in [-0.15, -0.1) is 0 Å². The third-order valence-corrected chi connectivity index (χ3v) is 15.1. The lowest BCUT2D eigenvalue weighted by atomic mass is 10.0. The molecule has 0 rings (SSSR count). The van der Waals surface area contributed by atoms with Crippen molar-refractivity contribution in [2.75, 3.05) is 13.2 Å². The second kappa shape index (κ2) is 60.2. The maximum atomic E-state index is 12.5. The zero-order valence-electron chi connectivity index (χ0n) is 47.5. The van der Waals surface area contributed by atoms with Gasteiger partial charge in [0.25, 0.3) is 0 Å². The number of unbranched alkanes of at least 4 members (excludes halogenated alkanes) is 47. The average molecular weight is 989 g/mol. The number of aliphatic hydroxyl groups excluding tert-OH is 2. The summed E-state index contributed by atoms with van der Waals surface area (Å²) < 4.78 is 5.49. The standard InChI is InChI=1S/C64H125NO5/c1-3-5-7-9-11-13-15-17-19-25-30-34-38-42-46-50-54-58-64(69)70-59-55-51-47-43-39-35-31-27-24-22-20-21-23-26-29-33-37-41-45-49-53-57-63(68)65-61(60-66)62(67)56-52-48-44-40-36-32-28-18-16-14-12-10-8-6-4-2/h17,19,61-62,66-67H,3-16,18,20-60H2,1-2H3,(H,65,68)/b19-17-. The molecular weight excluding hydrogens is 863 g/mol. The first-order chi connectivity index (χ1) is 34.5. The highest BCUT2D eigenvalue weighted by molar-refractivity contribution is 5.76. The molecule has 0 aliphatic carbocycles. The predicted molar refractivity (Wildman–Crippen MR) is 306 cm³/mol. The van der Waals surface area contributed by atoms with E-state index in [9.17, 15) is 19.8 Å². The minimum absolute atomic E-state index is 0.00955. The van der Waals surface area contributed by atoms with Gasteiger partial charge in [-0.3, -0.25) is 9.59 Å². The summed E-state index contributed by atoms with van der Waals surface area (Å²) in [6.45, 7) is 4.97. The summed E-state index contributed by atoms with van der Waals surface area (Å²) in [7, 11) is 0. The number of carbonyl (C=O) groups excluding carboxylic acids is 2. The highest BCUT2D eigenvalue weighted by Crippen LogP contribution is 2.18. The zero-order valence-corrected chi connectivity index (χ0v) is 47.5. The van der Waals surface area contributed by atoms with Gasteiger partial charge in [0, 0.05) is 12.8 Å². The normalized spacial score (nSPS) is 12.6. The first kappa shape index (κ1) is 68.6. The highest BCUT2D eigenvalue weighted by Gasteiger charge is 2.20. The molecule has 0 bridgehead atoms. The molecule has 0 saturated heterocycles. The van der Waals surface area contributed by atoms with Gasteiger partial charge in [-0.1, -0.05) is 309 Å². The maximum absolute atomic E-state index is 12.5. The van der Waals surface area contributed by atoms with Crippen LogP contribution < -0.4 is 5.32 Å². The van der Waals surface area contributed by atoms with Gasteiger partial charge in [0.05, 0.1) is 25.4 Å². The van der Waals surface area contributed by atoms with Gasteiger partial charge < -0.3 is 20.3 Å². The molecule has 2 atom stereocenters. The van der Waals surface area contributed by atoms with Crippen molar-refractivity contribution >= 4 is 11.9 Å². The van der Waals surface area contributed by atoms with Gasteiger partial charge in [-0.05, 0) is 51.4 Å². The summed E-state index contributed by atoms with van der Waals surface area (Å²) in [5.74, 6) is -0.0238. The van der Waals surface area contributed by atoms with Crippen LogP contribution in [0.5, 0.6) is 0 Å². The van der Waals surface area contributed by atoms with E-state index >= 15 is 0 Å². The van der Waals surface area contributed by atoms with E-state index < -0.39 is 12.1 Å². The molecule has 1 amide bonds. The van der Waals surface area contributed by atoms with Gasteiger partial charge in [0.2, 0.25) is 5.91 Å². The third-order valence-electron chi connectivity index (χ3n) is 15.1. The first-order valence-electron chi connectivity index (χ1n) is 31.9. The van der Waals surface area contributed by atoms with Crippen molar-refractivity contribution in [2.45, 2.75) is 373 Å². The Kier molecular flexibility index (Phi) is 59.0. The molecule has 0 aromatic carbocycles. The minimum atomic E-state index is -0.664. The van der Waals surface area contributed by atoms with Gasteiger partial charge in [-0.25, -0.2) is 0 Å². The van der Waals surface area contributed by atoms with Crippen LogP contribution in [-0.4, -0.2) is 47.4 Å². The molecule has 0 fully saturated rings. The molecule has 0 aliphatic rings. The summed E-state index contributed by atoms with van der Waals surface area (Å²) in [5, 5.41) is 23.3. The number of hydrogen-bond donors (Lipinski definition) is 3. The van der Waals surface area contributed by atoms with E-state index in [0.29, 0.717) is 25.9 Å². The van der Waals surface area contributed by atoms with E-state index in [1.165, 1.54) is 283 Å². The van der Waals surface area contributed by atoms with E-state index in [0.717, 1.165) is 44.9 Å². The molecule has 0 aromatic rings. The smallest absolute Gasteiger partial charge is 0.305 e. The van der Waals surface area contributed by atoms with Crippen molar-refractivity contribution in [2.24, 2.45) is 0 Å². The predicted octanol–water partition coefficient (Wildman–Crippen LogP) is 20.0. The Labute approximate surface area is 438 Å². The molecule has 0 saturated carbocycles. The van der Waals surface area contributed by atoms with Crippen LogP contribution in [0.15, 0.2) is 12.2 Å². The molecule has 6 heteroatoms. The van der Waals surface area contributed by atoms with E-state index in [1.54, 1.807) is 0 Å². The van der Waals surface area contributed by atoms with Crippen LogP contribution in [0.1, 0.15) is 361 Å². The molecule has 416 valence electrons. The van der Waals surface area contributed by atoms with E-state index in [4.69, 9.17) is 4.74 Å². The van der Waals surface area contributed by atoms with Crippen molar-refractivity contribution in [1.29, 1.82) is 0 Å². The van der Waals surface area contributed by atoms with Crippen molar-refractivity contribution in [3.63, 3.8) is 0 Å². The zero-order chi connectivity index (χ0) is 50.7. The number of ether oxygens (including phenoxy) is 1. The molecule has 6 nitrogen and oxygen atoms in total. The lowest BCUT2D eigenvalue weighted by Crippen LogP contribution is -2.45. The molecule has 0 spiro atoms. The summed E-state index contributed by atoms with van der Waals surface area (Å²) in [6, 6.07) is -0.541. The SMILES string of the molecule is CCCCCCCC/C=C\CCCCCCCCCC(=O)OCCCCCCCCCCCCCCCCCCCCCCCC(=O)NC(CO)C(O)CCCCCCCCCCCCCCCCC. The molecule has 2 unspecified atom stereocenters. The van der Waals surface area contributed by atoms with Crippen LogP contribution in [-0.2, 0) is 14.3 Å². The maximum Gasteiger partial charge on any atom is 0.305 e. The summed E-state index contributed by atoms with van der Waals surface area (Å²) in [6.07, 6.45) is 72.2. The molecule has 3 N–H and O–H groups in total. The lowest BCUT2D eigenvalue weighted by Gasteiger charge is -2.22. The molecule has 0 heterocycles. The van der Waals surface area contributed by atoms with E-state index in [-0.39, 0.29) is 18.5 Å². The van der Waals surface area contributed by atoms with Gasteiger partial charge >= 0.3 is 5.97 Å². The number of amides is 1. The quantitative estimate of drug-likeness (QED) is 0.0321. The Morgan fingerprint density at radius 2 is 0.671 bits per heavy atom. The van der Waals surface area contributed by atoms with Crippen LogP contribution in [0.3, 0.4) is 0 Å². The number of hydrogen-bond acceptors (Lipinski definition) is 5. The fourth-order valence-electron chi connectivity index (χ4n) is 10.2. The first-order valence-corrected chi connectivity index (χ1v) is 31.9. The van der Waals surface area contributed by atoms with Crippen LogP contribution in [0.25, 0.3) is 0 Å². The van der Waals surface area contributed by atoms with E-state index in [1.807, 2.05) is 0 Å². The number of nitrogens with one attached hydrogen (secondary N) is 1. The van der Waals surface area contributed by atoms with Crippen LogP contribution in [0, 0.1) is 0 Å².